The number of aromatic amines is 2. The van der Waals surface area contributed by atoms with Gasteiger partial charge in [0.15, 0.2) is 0 Å². The molecule has 1 fully saturated rings. The third-order valence-corrected chi connectivity index (χ3v) is 6.20. The molecule has 7 heteroatoms. The molecule has 0 saturated carbocycles. The summed E-state index contributed by atoms with van der Waals surface area (Å²) in [7, 11) is 0. The molecule has 2 aromatic heterocycles. The number of imidazole rings is 2. The Morgan fingerprint density at radius 3 is 2.57 bits per heavy atom. The molecule has 0 radical (unpaired) electrons. The molecule has 1 aliphatic heterocycles. The highest BCUT2D eigenvalue weighted by atomic mass is 15.0. The van der Waals surface area contributed by atoms with Gasteiger partial charge in [0.05, 0.1) is 47.5 Å². The van der Waals surface area contributed by atoms with Crippen LogP contribution in [0, 0.1) is 36.0 Å². The van der Waals surface area contributed by atoms with Crippen LogP contribution in [0.5, 0.6) is 0 Å². The van der Waals surface area contributed by atoms with Crippen LogP contribution in [0.3, 0.4) is 0 Å². The van der Waals surface area contributed by atoms with Crippen molar-refractivity contribution in [1.29, 1.82) is 5.26 Å². The maximum Gasteiger partial charge on any atom is 0.124 e. The highest BCUT2D eigenvalue weighted by molar-refractivity contribution is 5.77. The molecule has 0 aliphatic carbocycles. The van der Waals surface area contributed by atoms with Crippen LogP contribution in [0.1, 0.15) is 60.7 Å². The Hall–Kier alpha value is -4.35. The number of nitrogens with one attached hydrogen (secondary N) is 4. The van der Waals surface area contributed by atoms with Crippen LogP contribution in [-0.4, -0.2) is 33.0 Å². The predicted molar refractivity (Wildman–Crippen MR) is 147 cm³/mol. The molecule has 4 N–H and O–H groups in total. The summed E-state index contributed by atoms with van der Waals surface area (Å²) in [5.74, 6) is 8.38. The maximum atomic E-state index is 9.26. The van der Waals surface area contributed by atoms with Crippen molar-refractivity contribution < 1.29 is 0 Å². The second-order valence-corrected chi connectivity index (χ2v) is 8.85. The lowest BCUT2D eigenvalue weighted by molar-refractivity contribution is 0.611. The third-order valence-electron chi connectivity index (χ3n) is 6.20. The zero-order valence-corrected chi connectivity index (χ0v) is 21.1. The van der Waals surface area contributed by atoms with Crippen LogP contribution in [-0.2, 0) is 13.0 Å². The van der Waals surface area contributed by atoms with Gasteiger partial charge >= 0.3 is 0 Å². The lowest BCUT2D eigenvalue weighted by Gasteiger charge is -2.04. The van der Waals surface area contributed by atoms with Gasteiger partial charge in [0.2, 0.25) is 0 Å². The van der Waals surface area contributed by atoms with Gasteiger partial charge in [-0.1, -0.05) is 30.9 Å². The number of hydrogen-bond acceptors (Lipinski definition) is 5. The van der Waals surface area contributed by atoms with E-state index in [1.807, 2.05) is 42.5 Å². The average Bonchev–Trinajstić information content (AvgIpc) is 3.69. The molecular formula is C30H31N7. The van der Waals surface area contributed by atoms with E-state index in [0.29, 0.717) is 6.42 Å². The largest absolute Gasteiger partial charge is 0.343 e. The Bertz CT molecular complexity index is 1450. The number of terminal acetylenes is 1. The number of hydrogen-bond donors (Lipinski definition) is 4. The Labute approximate surface area is 218 Å². The summed E-state index contributed by atoms with van der Waals surface area (Å²) < 4.78 is 0. The smallest absolute Gasteiger partial charge is 0.124 e. The van der Waals surface area contributed by atoms with Crippen LogP contribution in [0.2, 0.25) is 0 Å². The van der Waals surface area contributed by atoms with Gasteiger partial charge in [-0.05, 0) is 62.7 Å². The van der Waals surface area contributed by atoms with Crippen molar-refractivity contribution in [2.45, 2.75) is 45.2 Å². The first-order chi connectivity index (χ1) is 18.2. The fourth-order valence-corrected chi connectivity index (χ4v) is 4.42. The van der Waals surface area contributed by atoms with Gasteiger partial charge in [-0.2, -0.15) is 5.26 Å². The fourth-order valence-electron chi connectivity index (χ4n) is 4.42. The van der Waals surface area contributed by atoms with Crippen molar-refractivity contribution in [1.82, 2.24) is 30.6 Å². The molecule has 0 unspecified atom stereocenters. The first-order valence-corrected chi connectivity index (χ1v) is 12.6. The van der Waals surface area contributed by atoms with E-state index in [0.717, 1.165) is 89.7 Å². The molecule has 5 rings (SSSR count). The molecule has 3 heterocycles. The fraction of sp³-hybridized carbons (Fsp3) is 0.300. The van der Waals surface area contributed by atoms with Gasteiger partial charge < -0.3 is 20.6 Å². The molecular weight excluding hydrogens is 458 g/mol. The van der Waals surface area contributed by atoms with E-state index in [2.05, 4.69) is 63.3 Å². The Kier molecular flexibility index (Phi) is 8.74. The predicted octanol–water partition coefficient (Wildman–Crippen LogP) is 4.59. The number of benzene rings is 2. The van der Waals surface area contributed by atoms with E-state index >= 15 is 0 Å². The summed E-state index contributed by atoms with van der Waals surface area (Å²) >= 11 is 0. The minimum atomic E-state index is 0.238. The van der Waals surface area contributed by atoms with E-state index in [1.165, 1.54) is 0 Å². The minimum absolute atomic E-state index is 0.238. The molecule has 186 valence electrons. The van der Waals surface area contributed by atoms with Crippen LogP contribution < -0.4 is 10.6 Å². The zero-order chi connectivity index (χ0) is 26.0. The highest BCUT2D eigenvalue weighted by Crippen LogP contribution is 2.27. The van der Waals surface area contributed by atoms with Gasteiger partial charge in [0, 0.05) is 16.7 Å². The molecule has 1 saturated heterocycles. The molecule has 2 aromatic carbocycles. The van der Waals surface area contributed by atoms with Crippen LogP contribution >= 0.6 is 0 Å². The second kappa shape index (κ2) is 12.6. The van der Waals surface area contributed by atoms with Crippen molar-refractivity contribution in [3.8, 4) is 42.0 Å². The van der Waals surface area contributed by atoms with Gasteiger partial charge in [-0.3, -0.25) is 0 Å². The van der Waals surface area contributed by atoms with Crippen LogP contribution in [0.25, 0.3) is 22.3 Å². The summed E-state index contributed by atoms with van der Waals surface area (Å²) in [4.78, 5) is 16.2. The van der Waals surface area contributed by atoms with Crippen molar-refractivity contribution in [2.24, 2.45) is 0 Å². The van der Waals surface area contributed by atoms with E-state index in [-0.39, 0.29) is 6.04 Å². The first kappa shape index (κ1) is 25.7. The summed E-state index contributed by atoms with van der Waals surface area (Å²) in [6.07, 6.45) is 11.6. The Morgan fingerprint density at radius 2 is 1.84 bits per heavy atom. The molecule has 37 heavy (non-hydrogen) atoms. The number of fused-ring (bicyclic) bond motifs is 1. The van der Waals surface area contributed by atoms with E-state index in [1.54, 1.807) is 0 Å². The Morgan fingerprint density at radius 1 is 1.05 bits per heavy atom. The maximum absolute atomic E-state index is 9.26. The van der Waals surface area contributed by atoms with Gasteiger partial charge in [0.1, 0.15) is 11.6 Å². The van der Waals surface area contributed by atoms with Crippen LogP contribution in [0.4, 0.5) is 0 Å². The lowest BCUT2D eigenvalue weighted by Crippen LogP contribution is -2.14. The number of aromatic nitrogens is 4. The molecule has 7 nitrogen and oxygen atoms in total. The van der Waals surface area contributed by atoms with E-state index < -0.39 is 0 Å². The topological polar surface area (TPSA) is 105 Å². The summed E-state index contributed by atoms with van der Waals surface area (Å²) in [6.45, 7) is 4.87. The van der Waals surface area contributed by atoms with Gasteiger partial charge in [0.25, 0.3) is 0 Å². The van der Waals surface area contributed by atoms with E-state index in [4.69, 9.17) is 4.98 Å². The van der Waals surface area contributed by atoms with Crippen LogP contribution in [0.15, 0.2) is 42.5 Å². The SMILES string of the molecule is C#C.CCCNCc1nc2ccc(C#Cc3ccc(-c4nc([C@@H]5CCCN5)[nH]c4CC#N)cc3)cc2[nH]1. The molecule has 1 atom stereocenters. The number of nitrogens with zero attached hydrogens (tertiary/aromatic N) is 3. The molecule has 0 amide bonds. The zero-order valence-electron chi connectivity index (χ0n) is 21.1. The second-order valence-electron chi connectivity index (χ2n) is 8.85. The summed E-state index contributed by atoms with van der Waals surface area (Å²) in [6, 6.07) is 16.6. The third kappa shape index (κ3) is 6.26. The normalized spacial score (nSPS) is 14.4. The molecule has 4 aromatic rings. The van der Waals surface area contributed by atoms with Gasteiger partial charge in [-0.15, -0.1) is 12.8 Å². The highest BCUT2D eigenvalue weighted by Gasteiger charge is 2.22. The summed E-state index contributed by atoms with van der Waals surface area (Å²) in [5.41, 5.74) is 6.53. The van der Waals surface area contributed by atoms with Crippen molar-refractivity contribution in [2.75, 3.05) is 13.1 Å². The lowest BCUT2D eigenvalue weighted by atomic mass is 10.1. The van der Waals surface area contributed by atoms with Gasteiger partial charge in [-0.25, -0.2) is 9.97 Å². The standard InChI is InChI=1S/C28H29N7.C2H2/c1-2-15-30-18-26-32-22-12-9-20(17-25(22)33-26)6-5-19-7-10-21(11-8-19)27-23(13-14-29)34-28(35-27)24-4-3-16-31-24;1-2/h7-12,17,24,30-31H,2-4,13,15-16,18H2,1H3,(H,32,33)(H,34,35);1-2H/t24-;/m0./s1. The first-order valence-electron chi connectivity index (χ1n) is 12.6. The number of rotatable bonds is 7. The number of H-pyrrole nitrogens is 2. The summed E-state index contributed by atoms with van der Waals surface area (Å²) in [5, 5.41) is 16.1. The number of nitriles is 1. The Balaban J connectivity index is 0.00000156. The van der Waals surface area contributed by atoms with Crippen molar-refractivity contribution >= 4 is 11.0 Å². The van der Waals surface area contributed by atoms with E-state index in [9.17, 15) is 5.26 Å². The van der Waals surface area contributed by atoms with Crippen molar-refractivity contribution in [3.05, 3.63) is 70.9 Å². The monoisotopic (exact) mass is 489 g/mol. The van der Waals surface area contributed by atoms with Crippen molar-refractivity contribution in [3.63, 3.8) is 0 Å². The molecule has 1 aliphatic rings. The quantitative estimate of drug-likeness (QED) is 0.224. The molecule has 0 spiro atoms. The minimum Gasteiger partial charge on any atom is -0.343 e. The molecule has 0 bridgehead atoms. The average molecular weight is 490 g/mol.